The fourth-order valence-electron chi connectivity index (χ4n) is 1.56. The van der Waals surface area contributed by atoms with Crippen molar-refractivity contribution in [3.63, 3.8) is 0 Å². The molecule has 0 N–H and O–H groups in total. The van der Waals surface area contributed by atoms with Crippen molar-refractivity contribution in [2.24, 2.45) is 0 Å². The standard InChI is InChI=1S/C11H10FN3O3/c1-18-7-14-6-10(15(16)17)13-11(14)8-2-4-9(12)5-3-8/h2-6H,7H2,1H3. The lowest BCUT2D eigenvalue weighted by atomic mass is 10.2. The Hall–Kier alpha value is -2.28. The van der Waals surface area contributed by atoms with Crippen LogP contribution in [0.4, 0.5) is 10.2 Å². The Balaban J connectivity index is 2.47. The van der Waals surface area contributed by atoms with Gasteiger partial charge in [-0.05, 0) is 34.2 Å². The maximum Gasteiger partial charge on any atom is 0.382 e. The van der Waals surface area contributed by atoms with Gasteiger partial charge in [-0.3, -0.25) is 4.57 Å². The van der Waals surface area contributed by atoms with Crippen LogP contribution in [0.5, 0.6) is 0 Å². The van der Waals surface area contributed by atoms with E-state index < -0.39 is 4.92 Å². The summed E-state index contributed by atoms with van der Waals surface area (Å²) in [7, 11) is 1.47. The van der Waals surface area contributed by atoms with Crippen molar-refractivity contribution in [2.75, 3.05) is 7.11 Å². The quantitative estimate of drug-likeness (QED) is 0.617. The molecule has 94 valence electrons. The highest BCUT2D eigenvalue weighted by molar-refractivity contribution is 5.57. The zero-order valence-electron chi connectivity index (χ0n) is 9.54. The Labute approximate surface area is 102 Å². The van der Waals surface area contributed by atoms with Gasteiger partial charge in [-0.25, -0.2) is 4.39 Å². The number of benzene rings is 1. The van der Waals surface area contributed by atoms with Crippen LogP contribution in [0.2, 0.25) is 0 Å². The van der Waals surface area contributed by atoms with E-state index in [9.17, 15) is 14.5 Å². The van der Waals surface area contributed by atoms with Crippen LogP contribution in [0.25, 0.3) is 11.4 Å². The molecule has 7 heteroatoms. The van der Waals surface area contributed by atoms with E-state index in [1.54, 1.807) is 0 Å². The molecule has 0 bridgehead atoms. The van der Waals surface area contributed by atoms with E-state index in [1.807, 2.05) is 0 Å². The van der Waals surface area contributed by atoms with Crippen molar-refractivity contribution in [3.05, 3.63) is 46.4 Å². The van der Waals surface area contributed by atoms with Crippen molar-refractivity contribution >= 4 is 5.82 Å². The first kappa shape index (κ1) is 12.2. The average Bonchev–Trinajstić information content (AvgIpc) is 2.75. The molecular weight excluding hydrogens is 241 g/mol. The molecule has 0 spiro atoms. The molecule has 0 unspecified atom stereocenters. The molecule has 0 amide bonds. The third-order valence-corrected chi connectivity index (χ3v) is 2.32. The van der Waals surface area contributed by atoms with Crippen molar-refractivity contribution in [1.29, 1.82) is 0 Å². The SMILES string of the molecule is COCn1cc([N+](=O)[O-])nc1-c1ccc(F)cc1. The van der Waals surface area contributed by atoms with E-state index in [0.717, 1.165) is 0 Å². The van der Waals surface area contributed by atoms with Gasteiger partial charge in [-0.2, -0.15) is 0 Å². The van der Waals surface area contributed by atoms with Crippen LogP contribution in [-0.4, -0.2) is 21.6 Å². The molecule has 2 aromatic rings. The van der Waals surface area contributed by atoms with Crippen LogP contribution in [0.1, 0.15) is 0 Å². The van der Waals surface area contributed by atoms with Crippen molar-refractivity contribution in [2.45, 2.75) is 6.73 Å². The number of methoxy groups -OCH3 is 1. The number of nitro groups is 1. The zero-order chi connectivity index (χ0) is 13.1. The normalized spacial score (nSPS) is 10.6. The number of hydrogen-bond acceptors (Lipinski definition) is 4. The van der Waals surface area contributed by atoms with Gasteiger partial charge in [-0.1, -0.05) is 0 Å². The van der Waals surface area contributed by atoms with Crippen LogP contribution in [0, 0.1) is 15.9 Å². The Morgan fingerprint density at radius 1 is 1.44 bits per heavy atom. The van der Waals surface area contributed by atoms with Gasteiger partial charge in [0.05, 0.1) is 0 Å². The Morgan fingerprint density at radius 2 is 2.11 bits per heavy atom. The maximum absolute atomic E-state index is 12.8. The highest BCUT2D eigenvalue weighted by Gasteiger charge is 2.19. The van der Waals surface area contributed by atoms with Crippen LogP contribution in [-0.2, 0) is 11.5 Å². The van der Waals surface area contributed by atoms with Gasteiger partial charge in [0.25, 0.3) is 5.82 Å². The molecule has 0 aliphatic heterocycles. The monoisotopic (exact) mass is 251 g/mol. The van der Waals surface area contributed by atoms with Crippen LogP contribution in [0.15, 0.2) is 30.5 Å². The summed E-state index contributed by atoms with van der Waals surface area (Å²) in [4.78, 5) is 14.0. The number of nitrogens with zero attached hydrogens (tertiary/aromatic N) is 3. The molecule has 6 nitrogen and oxygen atoms in total. The van der Waals surface area contributed by atoms with Gasteiger partial charge in [-0.15, -0.1) is 0 Å². The largest absolute Gasteiger partial charge is 0.382 e. The molecule has 1 aromatic heterocycles. The van der Waals surface area contributed by atoms with Gasteiger partial charge >= 0.3 is 5.82 Å². The second-order valence-electron chi connectivity index (χ2n) is 3.57. The van der Waals surface area contributed by atoms with E-state index in [2.05, 4.69) is 4.98 Å². The predicted octanol–water partition coefficient (Wildman–Crippen LogP) is 2.20. The Morgan fingerprint density at radius 3 is 2.67 bits per heavy atom. The minimum absolute atomic E-state index is 0.132. The molecule has 1 heterocycles. The lowest BCUT2D eigenvalue weighted by molar-refractivity contribution is -0.389. The molecule has 0 radical (unpaired) electrons. The molecule has 0 saturated heterocycles. The van der Waals surface area contributed by atoms with Crippen molar-refractivity contribution < 1.29 is 14.1 Å². The number of hydrogen-bond donors (Lipinski definition) is 0. The molecule has 1 aromatic carbocycles. The molecular formula is C11H10FN3O3. The summed E-state index contributed by atoms with van der Waals surface area (Å²) >= 11 is 0. The smallest absolute Gasteiger partial charge is 0.364 e. The lowest BCUT2D eigenvalue weighted by Crippen LogP contribution is -2.00. The fraction of sp³-hybridized carbons (Fsp3) is 0.182. The van der Waals surface area contributed by atoms with Gasteiger partial charge < -0.3 is 14.9 Å². The van der Waals surface area contributed by atoms with E-state index in [4.69, 9.17) is 4.74 Å². The third kappa shape index (κ3) is 2.35. The van der Waals surface area contributed by atoms with Crippen LogP contribution in [0.3, 0.4) is 0 Å². The fourth-order valence-corrected chi connectivity index (χ4v) is 1.56. The number of halogens is 1. The number of ether oxygens (including phenoxy) is 1. The lowest BCUT2D eigenvalue weighted by Gasteiger charge is -2.02. The first-order valence-corrected chi connectivity index (χ1v) is 5.08. The summed E-state index contributed by atoms with van der Waals surface area (Å²) in [5, 5.41) is 10.7. The zero-order valence-corrected chi connectivity index (χ0v) is 9.54. The Bertz CT molecular complexity index is 565. The van der Waals surface area contributed by atoms with E-state index in [-0.39, 0.29) is 18.4 Å². The first-order valence-electron chi connectivity index (χ1n) is 5.08. The molecule has 2 rings (SSSR count). The Kier molecular flexibility index (Phi) is 3.33. The highest BCUT2D eigenvalue weighted by atomic mass is 19.1. The first-order chi connectivity index (χ1) is 8.61. The number of imidazole rings is 1. The molecule has 0 saturated carbocycles. The van der Waals surface area contributed by atoms with Gasteiger partial charge in [0.1, 0.15) is 18.7 Å². The highest BCUT2D eigenvalue weighted by Crippen LogP contribution is 2.22. The molecule has 0 atom stereocenters. The minimum Gasteiger partial charge on any atom is -0.364 e. The number of rotatable bonds is 4. The van der Waals surface area contributed by atoms with E-state index in [0.29, 0.717) is 11.4 Å². The van der Waals surface area contributed by atoms with E-state index >= 15 is 0 Å². The maximum atomic E-state index is 12.8. The van der Waals surface area contributed by atoms with Crippen LogP contribution < -0.4 is 0 Å². The van der Waals surface area contributed by atoms with Crippen molar-refractivity contribution in [3.8, 4) is 11.4 Å². The predicted molar refractivity (Wildman–Crippen MR) is 61.3 cm³/mol. The second-order valence-corrected chi connectivity index (χ2v) is 3.57. The average molecular weight is 251 g/mol. The summed E-state index contributed by atoms with van der Waals surface area (Å²) in [6.45, 7) is 0.132. The van der Waals surface area contributed by atoms with E-state index in [1.165, 1.54) is 42.1 Å². The summed E-state index contributed by atoms with van der Waals surface area (Å²) in [6.07, 6.45) is 1.28. The summed E-state index contributed by atoms with van der Waals surface area (Å²) in [5.41, 5.74) is 0.585. The minimum atomic E-state index is -0.584. The third-order valence-electron chi connectivity index (χ3n) is 2.32. The topological polar surface area (TPSA) is 70.2 Å². The van der Waals surface area contributed by atoms with Crippen molar-refractivity contribution in [1.82, 2.24) is 9.55 Å². The molecule has 0 fully saturated rings. The molecule has 0 aliphatic rings. The second kappa shape index (κ2) is 4.92. The summed E-state index contributed by atoms with van der Waals surface area (Å²) < 4.78 is 19.2. The summed E-state index contributed by atoms with van der Waals surface area (Å²) in [5.74, 6) is -0.284. The number of aromatic nitrogens is 2. The van der Waals surface area contributed by atoms with Gasteiger partial charge in [0.15, 0.2) is 0 Å². The molecule has 0 aliphatic carbocycles. The van der Waals surface area contributed by atoms with Gasteiger partial charge in [0.2, 0.25) is 0 Å². The molecule has 18 heavy (non-hydrogen) atoms. The van der Waals surface area contributed by atoms with Crippen LogP contribution >= 0.6 is 0 Å². The summed E-state index contributed by atoms with van der Waals surface area (Å²) in [6, 6.07) is 5.56. The van der Waals surface area contributed by atoms with Gasteiger partial charge in [0, 0.05) is 12.7 Å².